The van der Waals surface area contributed by atoms with E-state index in [2.05, 4.69) is 10.3 Å². The highest BCUT2D eigenvalue weighted by atomic mass is 19.3. The number of nitrogen functional groups attached to an aromatic ring is 1. The van der Waals surface area contributed by atoms with Gasteiger partial charge in [0, 0.05) is 12.5 Å². The first-order valence-electron chi connectivity index (χ1n) is 4.34. The van der Waals surface area contributed by atoms with Crippen molar-refractivity contribution in [3.63, 3.8) is 0 Å². The third kappa shape index (κ3) is 3.55. The van der Waals surface area contributed by atoms with Crippen LogP contribution in [0.15, 0.2) is 18.3 Å². The Hall–Kier alpha value is -1.39. The van der Waals surface area contributed by atoms with Crippen LogP contribution in [-0.2, 0) is 0 Å². The van der Waals surface area contributed by atoms with Crippen LogP contribution in [0.25, 0.3) is 0 Å². The number of aromatic nitrogens is 1. The molecule has 0 fully saturated rings. The highest BCUT2D eigenvalue weighted by Gasteiger charge is 2.09. The van der Waals surface area contributed by atoms with Gasteiger partial charge in [-0.1, -0.05) is 0 Å². The number of nitrogens with zero attached hydrogens (tertiary/aromatic N) is 1. The lowest BCUT2D eigenvalue weighted by molar-refractivity contribution is 0.133. The normalized spacial score (nSPS) is 12.9. The summed E-state index contributed by atoms with van der Waals surface area (Å²) >= 11 is 0. The van der Waals surface area contributed by atoms with E-state index in [1.165, 1.54) is 6.20 Å². The Balaban J connectivity index is 2.47. The van der Waals surface area contributed by atoms with Crippen molar-refractivity contribution < 1.29 is 8.78 Å². The first-order chi connectivity index (χ1) is 6.58. The summed E-state index contributed by atoms with van der Waals surface area (Å²) in [4.78, 5) is 3.94. The molecule has 0 amide bonds. The highest BCUT2D eigenvalue weighted by Crippen LogP contribution is 2.11. The molecule has 1 aromatic heterocycles. The molecule has 0 aromatic carbocycles. The minimum atomic E-state index is -2.30. The molecule has 0 aliphatic rings. The van der Waals surface area contributed by atoms with E-state index in [9.17, 15) is 8.78 Å². The van der Waals surface area contributed by atoms with E-state index in [-0.39, 0.29) is 12.5 Å². The van der Waals surface area contributed by atoms with E-state index >= 15 is 0 Å². The van der Waals surface area contributed by atoms with Gasteiger partial charge in [0.05, 0.1) is 11.9 Å². The fraction of sp³-hybridized carbons (Fsp3) is 0.444. The van der Waals surface area contributed by atoms with Gasteiger partial charge < -0.3 is 11.1 Å². The summed E-state index contributed by atoms with van der Waals surface area (Å²) in [6, 6.07) is 3.04. The second-order valence-corrected chi connectivity index (χ2v) is 3.15. The minimum Gasteiger partial charge on any atom is -0.397 e. The molecule has 0 aliphatic heterocycles. The molecule has 0 aliphatic carbocycles. The molecule has 0 saturated heterocycles. The smallest absolute Gasteiger partial charge is 0.240 e. The van der Waals surface area contributed by atoms with Gasteiger partial charge >= 0.3 is 0 Å². The highest BCUT2D eigenvalue weighted by molar-refractivity contribution is 5.44. The molecule has 78 valence electrons. The van der Waals surface area contributed by atoms with Crippen LogP contribution in [0.5, 0.6) is 0 Å². The number of hydrogen-bond acceptors (Lipinski definition) is 3. The molecule has 0 radical (unpaired) electrons. The van der Waals surface area contributed by atoms with E-state index in [1.54, 1.807) is 19.1 Å². The molecular weight excluding hydrogens is 188 g/mol. The number of pyridine rings is 1. The predicted octanol–water partition coefficient (Wildman–Crippen LogP) is 2.12. The number of rotatable bonds is 4. The van der Waals surface area contributed by atoms with Gasteiger partial charge in [0.2, 0.25) is 6.43 Å². The van der Waals surface area contributed by atoms with Gasteiger partial charge in [-0.3, -0.25) is 0 Å². The van der Waals surface area contributed by atoms with Gasteiger partial charge in [-0.05, 0) is 19.1 Å². The van der Waals surface area contributed by atoms with Gasteiger partial charge in [0.25, 0.3) is 0 Å². The number of halogens is 2. The zero-order valence-electron chi connectivity index (χ0n) is 7.87. The van der Waals surface area contributed by atoms with Crippen LogP contribution in [0, 0.1) is 0 Å². The molecular formula is C9H13F2N3. The maximum atomic E-state index is 12.0. The number of anilines is 2. The van der Waals surface area contributed by atoms with Crippen molar-refractivity contribution in [2.45, 2.75) is 25.8 Å². The number of nitrogens with two attached hydrogens (primary N) is 1. The predicted molar refractivity (Wildman–Crippen MR) is 52.4 cm³/mol. The zero-order valence-corrected chi connectivity index (χ0v) is 7.87. The second-order valence-electron chi connectivity index (χ2n) is 3.15. The standard InChI is InChI=1S/C9H13F2N3/c1-6(4-8(10)11)14-9-3-2-7(12)5-13-9/h2-3,5-6,8H,4,12H2,1H3,(H,13,14). The third-order valence-corrected chi connectivity index (χ3v) is 1.71. The quantitative estimate of drug-likeness (QED) is 0.784. The van der Waals surface area contributed by atoms with Crippen molar-refractivity contribution in [1.82, 2.24) is 4.98 Å². The van der Waals surface area contributed by atoms with Crippen LogP contribution in [0.4, 0.5) is 20.3 Å². The molecule has 5 heteroatoms. The molecule has 1 rings (SSSR count). The van der Waals surface area contributed by atoms with E-state index in [0.717, 1.165) is 0 Å². The summed E-state index contributed by atoms with van der Waals surface area (Å²) in [6.45, 7) is 1.68. The second kappa shape index (κ2) is 4.74. The van der Waals surface area contributed by atoms with Crippen LogP contribution in [0.1, 0.15) is 13.3 Å². The van der Waals surface area contributed by atoms with Crippen molar-refractivity contribution in [2.24, 2.45) is 0 Å². The molecule has 1 atom stereocenters. The maximum absolute atomic E-state index is 12.0. The topological polar surface area (TPSA) is 50.9 Å². The molecule has 0 bridgehead atoms. The molecule has 0 spiro atoms. The van der Waals surface area contributed by atoms with Gasteiger partial charge in [0.15, 0.2) is 0 Å². The number of hydrogen-bond donors (Lipinski definition) is 2. The Labute approximate surface area is 81.3 Å². The maximum Gasteiger partial charge on any atom is 0.240 e. The summed E-state index contributed by atoms with van der Waals surface area (Å²) in [7, 11) is 0. The van der Waals surface area contributed by atoms with Crippen molar-refractivity contribution in [1.29, 1.82) is 0 Å². The molecule has 14 heavy (non-hydrogen) atoms. The van der Waals surface area contributed by atoms with Gasteiger partial charge in [-0.15, -0.1) is 0 Å². The first kappa shape index (κ1) is 10.7. The molecule has 1 heterocycles. The van der Waals surface area contributed by atoms with Crippen LogP contribution in [0.3, 0.4) is 0 Å². The largest absolute Gasteiger partial charge is 0.397 e. The third-order valence-electron chi connectivity index (χ3n) is 1.71. The van der Waals surface area contributed by atoms with E-state index in [0.29, 0.717) is 11.5 Å². The summed E-state index contributed by atoms with van der Waals surface area (Å²) < 4.78 is 23.9. The Bertz CT molecular complexity index is 274. The lowest BCUT2D eigenvalue weighted by Gasteiger charge is -2.13. The summed E-state index contributed by atoms with van der Waals surface area (Å²) in [5, 5.41) is 2.85. The van der Waals surface area contributed by atoms with Gasteiger partial charge in [-0.2, -0.15) is 0 Å². The average molecular weight is 201 g/mol. The SMILES string of the molecule is CC(CC(F)F)Nc1ccc(N)cn1. The van der Waals surface area contributed by atoms with Crippen molar-refractivity contribution in [2.75, 3.05) is 11.1 Å². The van der Waals surface area contributed by atoms with E-state index in [1.807, 2.05) is 0 Å². The molecule has 3 N–H and O–H groups in total. The van der Waals surface area contributed by atoms with Crippen LogP contribution in [0.2, 0.25) is 0 Å². The zero-order chi connectivity index (χ0) is 10.6. The van der Waals surface area contributed by atoms with Gasteiger partial charge in [-0.25, -0.2) is 13.8 Å². The summed E-state index contributed by atoms with van der Waals surface area (Å²) in [5.74, 6) is 0.562. The van der Waals surface area contributed by atoms with Crippen molar-refractivity contribution in [3.05, 3.63) is 18.3 Å². The van der Waals surface area contributed by atoms with Crippen LogP contribution in [-0.4, -0.2) is 17.5 Å². The Morgan fingerprint density at radius 2 is 2.21 bits per heavy atom. The molecule has 1 unspecified atom stereocenters. The lowest BCUT2D eigenvalue weighted by Crippen LogP contribution is -2.19. The molecule has 3 nitrogen and oxygen atoms in total. The van der Waals surface area contributed by atoms with Crippen molar-refractivity contribution in [3.8, 4) is 0 Å². The van der Waals surface area contributed by atoms with E-state index in [4.69, 9.17) is 5.73 Å². The monoisotopic (exact) mass is 201 g/mol. The number of alkyl halides is 2. The molecule has 1 aromatic rings. The summed E-state index contributed by atoms with van der Waals surface area (Å²) in [6.07, 6.45) is -1.00. The Morgan fingerprint density at radius 3 is 2.71 bits per heavy atom. The van der Waals surface area contributed by atoms with Crippen LogP contribution >= 0.6 is 0 Å². The van der Waals surface area contributed by atoms with E-state index < -0.39 is 6.43 Å². The first-order valence-corrected chi connectivity index (χ1v) is 4.34. The fourth-order valence-corrected chi connectivity index (χ4v) is 1.07. The minimum absolute atomic E-state index is 0.188. The summed E-state index contributed by atoms with van der Waals surface area (Å²) in [5.41, 5.74) is 5.98. The van der Waals surface area contributed by atoms with Gasteiger partial charge in [0.1, 0.15) is 5.82 Å². The number of nitrogens with one attached hydrogen (secondary N) is 1. The van der Waals surface area contributed by atoms with Crippen LogP contribution < -0.4 is 11.1 Å². The van der Waals surface area contributed by atoms with Crippen molar-refractivity contribution >= 4 is 11.5 Å². The fourth-order valence-electron chi connectivity index (χ4n) is 1.07. The lowest BCUT2D eigenvalue weighted by atomic mass is 10.2. The Morgan fingerprint density at radius 1 is 1.50 bits per heavy atom. The molecule has 0 saturated carbocycles. The average Bonchev–Trinajstić information content (AvgIpc) is 2.07. The Kier molecular flexibility index (Phi) is 3.62.